The Morgan fingerprint density at radius 1 is 1.29 bits per heavy atom. The molecule has 0 aromatic heterocycles. The molecule has 1 fully saturated rings. The highest BCUT2D eigenvalue weighted by Crippen LogP contribution is 2.47. The van der Waals surface area contributed by atoms with Crippen LogP contribution >= 0.6 is 12.2 Å². The van der Waals surface area contributed by atoms with Crippen molar-refractivity contribution in [2.75, 3.05) is 4.90 Å². The predicted molar refractivity (Wildman–Crippen MR) is 72.4 cm³/mol. The summed E-state index contributed by atoms with van der Waals surface area (Å²) in [5, 5.41) is 4.11. The standard InChI is InChI=1S/C13H16N2OS/c1-12(2)8-13(3)15(11(17)14-12)9-6-4-5-7-10(9)16-13/h4-7H,8H2,1-3H3,(H,14,17). The van der Waals surface area contributed by atoms with Gasteiger partial charge in [0.05, 0.1) is 5.69 Å². The van der Waals surface area contributed by atoms with Crippen LogP contribution in [0.2, 0.25) is 0 Å². The minimum absolute atomic E-state index is 0.0373. The molecule has 3 rings (SSSR count). The number of hydrogen-bond acceptors (Lipinski definition) is 2. The Balaban J connectivity index is 2.10. The first-order valence-electron chi connectivity index (χ1n) is 5.82. The molecule has 0 amide bonds. The summed E-state index contributed by atoms with van der Waals surface area (Å²) in [6.07, 6.45) is 0.884. The molecule has 0 saturated carbocycles. The molecular formula is C13H16N2OS. The van der Waals surface area contributed by atoms with E-state index in [1.807, 2.05) is 24.3 Å². The maximum Gasteiger partial charge on any atom is 0.188 e. The van der Waals surface area contributed by atoms with Gasteiger partial charge in [0, 0.05) is 12.0 Å². The first-order chi connectivity index (χ1) is 7.91. The maximum absolute atomic E-state index is 6.10. The summed E-state index contributed by atoms with van der Waals surface area (Å²) in [6.45, 7) is 6.39. The fraction of sp³-hybridized carbons (Fsp3) is 0.462. The number of nitrogens with one attached hydrogen (secondary N) is 1. The molecule has 2 heterocycles. The molecule has 2 aliphatic rings. The third kappa shape index (κ3) is 1.51. The highest BCUT2D eigenvalue weighted by Gasteiger charge is 2.51. The van der Waals surface area contributed by atoms with Gasteiger partial charge in [-0.2, -0.15) is 0 Å². The first kappa shape index (κ1) is 10.8. The number of nitrogens with zero attached hydrogens (tertiary/aromatic N) is 1. The molecule has 4 heteroatoms. The average Bonchev–Trinajstić information content (AvgIpc) is 2.46. The summed E-state index contributed by atoms with van der Waals surface area (Å²) in [7, 11) is 0. The Hall–Kier alpha value is -1.29. The third-order valence-electron chi connectivity index (χ3n) is 3.33. The van der Waals surface area contributed by atoms with Gasteiger partial charge in [-0.1, -0.05) is 12.1 Å². The molecule has 17 heavy (non-hydrogen) atoms. The SMILES string of the molecule is CC1(C)CC2(C)Oc3ccccc3N2C(=S)N1. The Morgan fingerprint density at radius 3 is 2.76 bits per heavy atom. The summed E-state index contributed by atoms with van der Waals surface area (Å²) in [5.74, 6) is 0.914. The fourth-order valence-corrected chi connectivity index (χ4v) is 3.48. The maximum atomic E-state index is 6.10. The molecule has 0 bridgehead atoms. The van der Waals surface area contributed by atoms with Crippen LogP contribution in [0.3, 0.4) is 0 Å². The van der Waals surface area contributed by atoms with E-state index < -0.39 is 0 Å². The van der Waals surface area contributed by atoms with Crippen LogP contribution in [0.1, 0.15) is 27.2 Å². The topological polar surface area (TPSA) is 24.5 Å². The number of hydrogen-bond donors (Lipinski definition) is 1. The quantitative estimate of drug-likeness (QED) is 0.713. The van der Waals surface area contributed by atoms with Crippen molar-refractivity contribution >= 4 is 23.0 Å². The van der Waals surface area contributed by atoms with Crippen molar-refractivity contribution in [3.63, 3.8) is 0 Å². The second-order valence-corrected chi connectivity index (χ2v) is 5.96. The minimum atomic E-state index is -0.366. The highest BCUT2D eigenvalue weighted by atomic mass is 32.1. The summed E-state index contributed by atoms with van der Waals surface area (Å²) >= 11 is 5.48. The Labute approximate surface area is 107 Å². The zero-order chi connectivity index (χ0) is 12.3. The van der Waals surface area contributed by atoms with Gasteiger partial charge < -0.3 is 10.1 Å². The lowest BCUT2D eigenvalue weighted by Crippen LogP contribution is -2.66. The van der Waals surface area contributed by atoms with E-state index in [9.17, 15) is 0 Å². The van der Waals surface area contributed by atoms with Crippen molar-refractivity contribution in [1.29, 1.82) is 0 Å². The second-order valence-electron chi connectivity index (χ2n) is 5.57. The molecule has 1 atom stereocenters. The molecule has 0 spiro atoms. The van der Waals surface area contributed by atoms with Crippen molar-refractivity contribution in [3.05, 3.63) is 24.3 Å². The van der Waals surface area contributed by atoms with Gasteiger partial charge in [0.2, 0.25) is 0 Å². The summed E-state index contributed by atoms with van der Waals surface area (Å²) in [6, 6.07) is 8.04. The molecule has 0 aliphatic carbocycles. The monoisotopic (exact) mass is 248 g/mol. The van der Waals surface area contributed by atoms with Crippen LogP contribution in [0.15, 0.2) is 24.3 Å². The number of anilines is 1. The Bertz CT molecular complexity index is 500. The molecule has 0 radical (unpaired) electrons. The highest BCUT2D eigenvalue weighted by molar-refractivity contribution is 7.80. The fourth-order valence-electron chi connectivity index (χ4n) is 2.91. The van der Waals surface area contributed by atoms with Gasteiger partial charge in [-0.25, -0.2) is 0 Å². The molecular weight excluding hydrogens is 232 g/mol. The van der Waals surface area contributed by atoms with Crippen LogP contribution in [0.5, 0.6) is 5.75 Å². The lowest BCUT2D eigenvalue weighted by atomic mass is 9.90. The van der Waals surface area contributed by atoms with Crippen LogP contribution in [-0.4, -0.2) is 16.4 Å². The summed E-state index contributed by atoms with van der Waals surface area (Å²) in [4.78, 5) is 2.09. The largest absolute Gasteiger partial charge is 0.466 e. The third-order valence-corrected chi connectivity index (χ3v) is 3.61. The van der Waals surface area contributed by atoms with E-state index in [2.05, 4.69) is 31.0 Å². The van der Waals surface area contributed by atoms with Crippen LogP contribution in [0.25, 0.3) is 0 Å². The predicted octanol–water partition coefficient (Wildman–Crippen LogP) is 2.66. The van der Waals surface area contributed by atoms with E-state index in [0.29, 0.717) is 0 Å². The lowest BCUT2D eigenvalue weighted by molar-refractivity contribution is 0.0726. The average molecular weight is 248 g/mol. The summed E-state index contributed by atoms with van der Waals surface area (Å²) in [5.41, 5.74) is 0.655. The van der Waals surface area contributed by atoms with Gasteiger partial charge in [-0.15, -0.1) is 0 Å². The zero-order valence-corrected chi connectivity index (χ0v) is 11.1. The number of benzene rings is 1. The minimum Gasteiger partial charge on any atom is -0.466 e. The Kier molecular flexibility index (Phi) is 2.00. The van der Waals surface area contributed by atoms with Gasteiger partial charge in [0.15, 0.2) is 10.8 Å². The van der Waals surface area contributed by atoms with Crippen molar-refractivity contribution in [1.82, 2.24) is 5.32 Å². The lowest BCUT2D eigenvalue weighted by Gasteiger charge is -2.47. The Morgan fingerprint density at radius 2 is 2.00 bits per heavy atom. The molecule has 1 saturated heterocycles. The van der Waals surface area contributed by atoms with Gasteiger partial charge in [0.25, 0.3) is 0 Å². The van der Waals surface area contributed by atoms with Gasteiger partial charge in [0.1, 0.15) is 5.75 Å². The molecule has 1 N–H and O–H groups in total. The summed E-state index contributed by atoms with van der Waals surface area (Å²) < 4.78 is 6.10. The van der Waals surface area contributed by atoms with Gasteiger partial charge in [-0.3, -0.25) is 4.90 Å². The van der Waals surface area contributed by atoms with E-state index >= 15 is 0 Å². The number of para-hydroxylation sites is 2. The van der Waals surface area contributed by atoms with E-state index in [-0.39, 0.29) is 11.3 Å². The van der Waals surface area contributed by atoms with Crippen LogP contribution in [0, 0.1) is 0 Å². The number of ether oxygens (including phenoxy) is 1. The molecule has 3 nitrogen and oxygen atoms in total. The van der Waals surface area contributed by atoms with Crippen LogP contribution < -0.4 is 15.0 Å². The van der Waals surface area contributed by atoms with Crippen molar-refractivity contribution in [3.8, 4) is 5.75 Å². The van der Waals surface area contributed by atoms with E-state index in [0.717, 1.165) is 23.0 Å². The molecule has 1 aromatic carbocycles. The number of fused-ring (bicyclic) bond motifs is 3. The zero-order valence-electron chi connectivity index (χ0n) is 10.3. The van der Waals surface area contributed by atoms with Crippen LogP contribution in [0.4, 0.5) is 5.69 Å². The number of thiocarbonyl (C=S) groups is 1. The molecule has 1 unspecified atom stereocenters. The molecule has 2 aliphatic heterocycles. The normalized spacial score (nSPS) is 29.1. The van der Waals surface area contributed by atoms with Crippen molar-refractivity contribution < 1.29 is 4.74 Å². The molecule has 90 valence electrons. The smallest absolute Gasteiger partial charge is 0.188 e. The molecule has 1 aromatic rings. The second kappa shape index (κ2) is 3.13. The van der Waals surface area contributed by atoms with Crippen molar-refractivity contribution in [2.45, 2.75) is 38.5 Å². The van der Waals surface area contributed by atoms with Crippen molar-refractivity contribution in [2.24, 2.45) is 0 Å². The van der Waals surface area contributed by atoms with Gasteiger partial charge >= 0.3 is 0 Å². The van der Waals surface area contributed by atoms with Gasteiger partial charge in [-0.05, 0) is 45.1 Å². The van der Waals surface area contributed by atoms with E-state index in [1.54, 1.807) is 0 Å². The van der Waals surface area contributed by atoms with E-state index in [4.69, 9.17) is 17.0 Å². The number of rotatable bonds is 0. The van der Waals surface area contributed by atoms with E-state index in [1.165, 1.54) is 0 Å². The first-order valence-corrected chi connectivity index (χ1v) is 6.23. The van der Waals surface area contributed by atoms with Crippen LogP contribution in [-0.2, 0) is 0 Å².